The third-order valence-electron chi connectivity index (χ3n) is 2.44. The number of anilines is 1. The Morgan fingerprint density at radius 3 is 2.37 bits per heavy atom. The Bertz CT molecular complexity index is 660. The molecule has 19 heavy (non-hydrogen) atoms. The Morgan fingerprint density at radius 1 is 1.16 bits per heavy atom. The van der Waals surface area contributed by atoms with Gasteiger partial charge in [-0.05, 0) is 43.4 Å². The van der Waals surface area contributed by atoms with Gasteiger partial charge < -0.3 is 9.73 Å². The number of furan rings is 1. The van der Waals surface area contributed by atoms with Crippen molar-refractivity contribution in [3.05, 3.63) is 48.4 Å². The number of nitrogens with one attached hydrogen (secondary N) is 2. The van der Waals surface area contributed by atoms with Gasteiger partial charge in [0, 0.05) is 5.69 Å². The fourth-order valence-electron chi connectivity index (χ4n) is 1.44. The summed E-state index contributed by atoms with van der Waals surface area (Å²) < 4.78 is 30.2. The lowest BCUT2D eigenvalue weighted by atomic mass is 10.3. The van der Waals surface area contributed by atoms with E-state index >= 15 is 0 Å². The van der Waals surface area contributed by atoms with Crippen molar-refractivity contribution >= 4 is 21.6 Å². The minimum atomic E-state index is -3.47. The van der Waals surface area contributed by atoms with Gasteiger partial charge in [-0.1, -0.05) is 0 Å². The minimum absolute atomic E-state index is 0.131. The van der Waals surface area contributed by atoms with Crippen LogP contribution >= 0.6 is 0 Å². The number of benzene rings is 1. The summed E-state index contributed by atoms with van der Waals surface area (Å²) >= 11 is 0. The van der Waals surface area contributed by atoms with Crippen molar-refractivity contribution in [1.29, 1.82) is 0 Å². The van der Waals surface area contributed by atoms with E-state index in [0.717, 1.165) is 0 Å². The molecule has 7 heteroatoms. The minimum Gasteiger partial charge on any atom is -0.459 e. The van der Waals surface area contributed by atoms with Crippen molar-refractivity contribution in [1.82, 2.24) is 4.72 Å². The maximum absolute atomic E-state index is 11.7. The summed E-state index contributed by atoms with van der Waals surface area (Å²) in [5.41, 5.74) is 0.483. The SMILES string of the molecule is CNS(=O)(=O)c1ccc(NC(=O)c2ccco2)cc1. The zero-order chi connectivity index (χ0) is 13.9. The lowest BCUT2D eigenvalue weighted by molar-refractivity contribution is 0.0996. The lowest BCUT2D eigenvalue weighted by Crippen LogP contribution is -2.18. The van der Waals surface area contributed by atoms with Crippen LogP contribution in [-0.4, -0.2) is 21.4 Å². The molecule has 1 heterocycles. The summed E-state index contributed by atoms with van der Waals surface area (Å²) in [5, 5.41) is 2.59. The first kappa shape index (κ1) is 13.3. The number of hydrogen-bond acceptors (Lipinski definition) is 4. The summed E-state index contributed by atoms with van der Waals surface area (Å²) in [5.74, 6) is -0.207. The number of rotatable bonds is 4. The van der Waals surface area contributed by atoms with Crippen LogP contribution in [0.5, 0.6) is 0 Å². The van der Waals surface area contributed by atoms with Crippen molar-refractivity contribution in [2.75, 3.05) is 12.4 Å². The molecule has 0 spiro atoms. The second kappa shape index (κ2) is 5.25. The van der Waals surface area contributed by atoms with E-state index in [9.17, 15) is 13.2 Å². The van der Waals surface area contributed by atoms with E-state index in [1.165, 1.54) is 43.6 Å². The highest BCUT2D eigenvalue weighted by Gasteiger charge is 2.12. The third kappa shape index (κ3) is 3.01. The fraction of sp³-hybridized carbons (Fsp3) is 0.0833. The first-order valence-corrected chi connectivity index (χ1v) is 6.90. The van der Waals surface area contributed by atoms with Gasteiger partial charge in [0.1, 0.15) is 0 Å². The summed E-state index contributed by atoms with van der Waals surface area (Å²) in [6, 6.07) is 8.97. The maximum atomic E-state index is 11.7. The van der Waals surface area contributed by atoms with Crippen LogP contribution in [0.4, 0.5) is 5.69 Å². The zero-order valence-corrected chi connectivity index (χ0v) is 10.9. The molecule has 2 N–H and O–H groups in total. The van der Waals surface area contributed by atoms with Crippen molar-refractivity contribution < 1.29 is 17.6 Å². The highest BCUT2D eigenvalue weighted by Crippen LogP contribution is 2.14. The van der Waals surface area contributed by atoms with Gasteiger partial charge in [-0.3, -0.25) is 4.79 Å². The molecule has 2 aromatic rings. The molecule has 100 valence electrons. The monoisotopic (exact) mass is 280 g/mol. The molecule has 1 aromatic carbocycles. The summed E-state index contributed by atoms with van der Waals surface area (Å²) in [6.07, 6.45) is 1.40. The Labute approximate surface area is 110 Å². The highest BCUT2D eigenvalue weighted by atomic mass is 32.2. The number of hydrogen-bond donors (Lipinski definition) is 2. The number of amides is 1. The van der Waals surface area contributed by atoms with Crippen LogP contribution in [0.3, 0.4) is 0 Å². The molecule has 0 saturated heterocycles. The Balaban J connectivity index is 2.14. The molecule has 0 fully saturated rings. The second-order valence-electron chi connectivity index (χ2n) is 3.66. The number of carbonyl (C=O) groups is 1. The van der Waals surface area contributed by atoms with E-state index in [0.29, 0.717) is 5.69 Å². The highest BCUT2D eigenvalue weighted by molar-refractivity contribution is 7.89. The van der Waals surface area contributed by atoms with E-state index in [2.05, 4.69) is 10.0 Å². The normalized spacial score (nSPS) is 11.2. The molecule has 0 saturated carbocycles. The number of sulfonamides is 1. The average Bonchev–Trinajstić information content (AvgIpc) is 2.93. The fourth-order valence-corrected chi connectivity index (χ4v) is 2.17. The van der Waals surface area contributed by atoms with Gasteiger partial charge in [0.25, 0.3) is 5.91 Å². The molecule has 0 bridgehead atoms. The van der Waals surface area contributed by atoms with Crippen molar-refractivity contribution in [2.24, 2.45) is 0 Å². The topological polar surface area (TPSA) is 88.4 Å². The van der Waals surface area contributed by atoms with Crippen molar-refractivity contribution in [3.8, 4) is 0 Å². The van der Waals surface area contributed by atoms with E-state index in [4.69, 9.17) is 4.42 Å². The largest absolute Gasteiger partial charge is 0.459 e. The summed E-state index contributed by atoms with van der Waals surface area (Å²) in [4.78, 5) is 11.8. The zero-order valence-electron chi connectivity index (χ0n) is 10.1. The summed E-state index contributed by atoms with van der Waals surface area (Å²) in [7, 11) is -2.13. The standard InChI is InChI=1S/C12H12N2O4S/c1-13-19(16,17)10-6-4-9(5-7-10)14-12(15)11-3-2-8-18-11/h2-8,13H,1H3,(H,14,15). The lowest BCUT2D eigenvalue weighted by Gasteiger charge is -2.05. The molecule has 0 aliphatic heterocycles. The Kier molecular flexibility index (Phi) is 3.68. The first-order valence-electron chi connectivity index (χ1n) is 5.41. The van der Waals surface area contributed by atoms with Crippen LogP contribution < -0.4 is 10.0 Å². The van der Waals surface area contributed by atoms with Crippen LogP contribution in [0.25, 0.3) is 0 Å². The molecule has 0 aliphatic rings. The van der Waals surface area contributed by atoms with E-state index < -0.39 is 15.9 Å². The van der Waals surface area contributed by atoms with Gasteiger partial charge in [0.15, 0.2) is 5.76 Å². The quantitative estimate of drug-likeness (QED) is 0.887. The smallest absolute Gasteiger partial charge is 0.291 e. The van der Waals surface area contributed by atoms with Crippen LogP contribution in [0.1, 0.15) is 10.6 Å². The molecule has 0 radical (unpaired) electrons. The van der Waals surface area contributed by atoms with E-state index in [1.807, 2.05) is 0 Å². The molecule has 6 nitrogen and oxygen atoms in total. The van der Waals surface area contributed by atoms with Gasteiger partial charge in [-0.2, -0.15) is 0 Å². The van der Waals surface area contributed by atoms with Gasteiger partial charge in [-0.15, -0.1) is 0 Å². The molecule has 1 aromatic heterocycles. The van der Waals surface area contributed by atoms with E-state index in [-0.39, 0.29) is 10.7 Å². The average molecular weight is 280 g/mol. The van der Waals surface area contributed by atoms with Crippen LogP contribution in [0, 0.1) is 0 Å². The van der Waals surface area contributed by atoms with Gasteiger partial charge in [-0.25, -0.2) is 13.1 Å². The van der Waals surface area contributed by atoms with Gasteiger partial charge in [0.05, 0.1) is 11.2 Å². The number of carbonyl (C=O) groups excluding carboxylic acids is 1. The van der Waals surface area contributed by atoms with Crippen molar-refractivity contribution in [2.45, 2.75) is 4.90 Å². The van der Waals surface area contributed by atoms with Crippen LogP contribution in [-0.2, 0) is 10.0 Å². The maximum Gasteiger partial charge on any atom is 0.291 e. The Morgan fingerprint density at radius 2 is 1.84 bits per heavy atom. The molecular formula is C12H12N2O4S. The van der Waals surface area contributed by atoms with Crippen LogP contribution in [0.15, 0.2) is 52.0 Å². The summed E-state index contributed by atoms with van der Waals surface area (Å²) in [6.45, 7) is 0. The second-order valence-corrected chi connectivity index (χ2v) is 5.55. The molecule has 2 rings (SSSR count). The molecule has 1 amide bonds. The predicted molar refractivity (Wildman–Crippen MR) is 69.3 cm³/mol. The molecule has 0 atom stereocenters. The molecule has 0 unspecified atom stereocenters. The predicted octanol–water partition coefficient (Wildman–Crippen LogP) is 1.44. The Hall–Kier alpha value is -2.12. The molecule has 0 aliphatic carbocycles. The van der Waals surface area contributed by atoms with Gasteiger partial charge in [0.2, 0.25) is 10.0 Å². The first-order chi connectivity index (χ1) is 9.03. The molecular weight excluding hydrogens is 268 g/mol. The van der Waals surface area contributed by atoms with Crippen molar-refractivity contribution in [3.63, 3.8) is 0 Å². The van der Waals surface area contributed by atoms with Gasteiger partial charge >= 0.3 is 0 Å². The van der Waals surface area contributed by atoms with Crippen LogP contribution in [0.2, 0.25) is 0 Å². The van der Waals surface area contributed by atoms with E-state index in [1.54, 1.807) is 6.07 Å². The third-order valence-corrected chi connectivity index (χ3v) is 3.87.